The lowest BCUT2D eigenvalue weighted by atomic mass is 9.89. The van der Waals surface area contributed by atoms with Crippen LogP contribution in [0, 0.1) is 6.92 Å². The van der Waals surface area contributed by atoms with Gasteiger partial charge in [0.1, 0.15) is 11.4 Å². The van der Waals surface area contributed by atoms with Crippen LogP contribution in [0.5, 0.6) is 5.75 Å². The summed E-state index contributed by atoms with van der Waals surface area (Å²) in [4.78, 5) is 28.5. The fourth-order valence-corrected chi connectivity index (χ4v) is 4.59. The van der Waals surface area contributed by atoms with Gasteiger partial charge in [0.2, 0.25) is 0 Å². The number of ether oxygens (including phenoxy) is 2. The Labute approximate surface area is 189 Å². The number of fused-ring (bicyclic) bond motifs is 2. The van der Waals surface area contributed by atoms with E-state index in [2.05, 4.69) is 0 Å². The van der Waals surface area contributed by atoms with Crippen molar-refractivity contribution in [1.82, 2.24) is 9.80 Å². The summed E-state index contributed by atoms with van der Waals surface area (Å²) < 4.78 is 52.3. The molecule has 0 unspecified atom stereocenters. The SMILES string of the molecule is COC(=O)N(C)C1=C(N2Cc3ccccc3C2=O)c2c(ccc(C(F)(F)F)c2C)OC1(C)C. The molecule has 174 valence electrons. The average molecular weight is 460 g/mol. The van der Waals surface area contributed by atoms with Crippen molar-refractivity contribution in [3.8, 4) is 5.75 Å². The third kappa shape index (κ3) is 3.51. The molecule has 2 amide bonds. The second kappa shape index (κ2) is 7.54. The molecule has 2 aromatic carbocycles. The van der Waals surface area contributed by atoms with Crippen LogP contribution in [0.2, 0.25) is 0 Å². The van der Waals surface area contributed by atoms with Gasteiger partial charge in [0.15, 0.2) is 0 Å². The number of benzene rings is 2. The highest BCUT2D eigenvalue weighted by Gasteiger charge is 2.46. The molecule has 2 heterocycles. The highest BCUT2D eigenvalue weighted by Crippen LogP contribution is 2.49. The number of alkyl halides is 3. The van der Waals surface area contributed by atoms with Crippen molar-refractivity contribution in [2.45, 2.75) is 39.1 Å². The molecule has 0 saturated carbocycles. The van der Waals surface area contributed by atoms with Crippen molar-refractivity contribution in [1.29, 1.82) is 0 Å². The zero-order valence-corrected chi connectivity index (χ0v) is 18.8. The molecule has 9 heteroatoms. The number of hydrogen-bond acceptors (Lipinski definition) is 4. The predicted molar refractivity (Wildman–Crippen MR) is 114 cm³/mol. The van der Waals surface area contributed by atoms with E-state index in [-0.39, 0.29) is 40.7 Å². The molecule has 0 spiro atoms. The van der Waals surface area contributed by atoms with E-state index >= 15 is 0 Å². The number of hydrogen-bond donors (Lipinski definition) is 0. The van der Waals surface area contributed by atoms with Crippen LogP contribution < -0.4 is 4.74 Å². The molecule has 2 aromatic rings. The Hall–Kier alpha value is -3.49. The van der Waals surface area contributed by atoms with Crippen LogP contribution in [0.3, 0.4) is 0 Å². The first-order valence-electron chi connectivity index (χ1n) is 10.2. The van der Waals surface area contributed by atoms with Crippen LogP contribution in [0.25, 0.3) is 5.70 Å². The zero-order chi connectivity index (χ0) is 24.3. The van der Waals surface area contributed by atoms with Gasteiger partial charge in [0, 0.05) is 18.2 Å². The molecule has 0 aliphatic carbocycles. The van der Waals surface area contributed by atoms with Gasteiger partial charge in [-0.3, -0.25) is 9.69 Å². The maximum Gasteiger partial charge on any atom is 0.416 e. The lowest BCUT2D eigenvalue weighted by molar-refractivity contribution is -0.138. The second-order valence-corrected chi connectivity index (χ2v) is 8.50. The molecule has 6 nitrogen and oxygen atoms in total. The first-order chi connectivity index (χ1) is 15.4. The van der Waals surface area contributed by atoms with Crippen LogP contribution in [-0.2, 0) is 17.5 Å². The van der Waals surface area contributed by atoms with E-state index in [4.69, 9.17) is 9.47 Å². The standard InChI is InChI=1S/C24H23F3N2O4/c1-13-16(24(25,26)27)10-11-17-18(13)19(20(23(2,3)33-17)28(4)22(31)32-5)29-12-14-8-6-7-9-15(14)21(29)30/h6-11H,12H2,1-5H3. The average Bonchev–Trinajstić information content (AvgIpc) is 3.07. The number of halogens is 3. The van der Waals surface area contributed by atoms with Crippen LogP contribution in [0.4, 0.5) is 18.0 Å². The smallest absolute Gasteiger partial charge is 0.416 e. The third-order valence-electron chi connectivity index (χ3n) is 6.00. The van der Waals surface area contributed by atoms with E-state index in [1.54, 1.807) is 38.1 Å². The first kappa shape index (κ1) is 22.7. The Bertz CT molecular complexity index is 1200. The topological polar surface area (TPSA) is 59.1 Å². The Morgan fingerprint density at radius 3 is 2.45 bits per heavy atom. The van der Waals surface area contributed by atoms with E-state index in [9.17, 15) is 22.8 Å². The minimum absolute atomic E-state index is 0.0926. The van der Waals surface area contributed by atoms with Gasteiger partial charge in [0.05, 0.1) is 30.6 Å². The van der Waals surface area contributed by atoms with Crippen molar-refractivity contribution in [3.05, 3.63) is 69.9 Å². The van der Waals surface area contributed by atoms with Crippen LogP contribution in [0.1, 0.15) is 46.5 Å². The molecule has 0 bridgehead atoms. The molecule has 0 fully saturated rings. The summed E-state index contributed by atoms with van der Waals surface area (Å²) in [5.74, 6) is -0.164. The summed E-state index contributed by atoms with van der Waals surface area (Å²) in [5.41, 5.74) is -0.352. The Morgan fingerprint density at radius 2 is 1.85 bits per heavy atom. The third-order valence-corrected chi connectivity index (χ3v) is 6.00. The molecule has 2 aliphatic rings. The highest BCUT2D eigenvalue weighted by molar-refractivity contribution is 6.04. The van der Waals surface area contributed by atoms with Crippen molar-refractivity contribution < 1.29 is 32.2 Å². The van der Waals surface area contributed by atoms with Gasteiger partial charge < -0.3 is 14.4 Å². The number of nitrogens with zero attached hydrogens (tertiary/aromatic N) is 2. The van der Waals surface area contributed by atoms with Gasteiger partial charge in [-0.2, -0.15) is 13.2 Å². The van der Waals surface area contributed by atoms with E-state index in [0.29, 0.717) is 5.56 Å². The molecule has 33 heavy (non-hydrogen) atoms. The number of carbonyl (C=O) groups excluding carboxylic acids is 2. The molecule has 0 aromatic heterocycles. The number of methoxy groups -OCH3 is 1. The van der Waals surface area contributed by atoms with Crippen molar-refractivity contribution >= 4 is 17.7 Å². The van der Waals surface area contributed by atoms with E-state index in [0.717, 1.165) is 11.6 Å². The summed E-state index contributed by atoms with van der Waals surface area (Å²) >= 11 is 0. The summed E-state index contributed by atoms with van der Waals surface area (Å²) in [5, 5.41) is 0. The molecule has 2 aliphatic heterocycles. The van der Waals surface area contributed by atoms with Gasteiger partial charge in [-0.15, -0.1) is 0 Å². The summed E-state index contributed by atoms with van der Waals surface area (Å²) in [6.07, 6.45) is -5.35. The maximum absolute atomic E-state index is 13.8. The number of rotatable bonds is 2. The Kier molecular flexibility index (Phi) is 5.18. The molecule has 0 radical (unpaired) electrons. The van der Waals surface area contributed by atoms with Crippen molar-refractivity contribution in [2.24, 2.45) is 0 Å². The van der Waals surface area contributed by atoms with E-state index in [1.807, 2.05) is 0 Å². The number of likely N-dealkylation sites (N-methyl/N-ethyl adjacent to an activating group) is 1. The Balaban J connectivity index is 2.06. The lowest BCUT2D eigenvalue weighted by Crippen LogP contribution is -2.46. The molecule has 0 atom stereocenters. The van der Waals surface area contributed by atoms with E-state index in [1.165, 1.54) is 36.9 Å². The minimum Gasteiger partial charge on any atom is -0.481 e. The molecule has 0 N–H and O–H groups in total. The number of carbonyl (C=O) groups is 2. The van der Waals surface area contributed by atoms with Crippen LogP contribution in [-0.4, -0.2) is 41.6 Å². The zero-order valence-electron chi connectivity index (χ0n) is 18.8. The van der Waals surface area contributed by atoms with Crippen LogP contribution >= 0.6 is 0 Å². The monoisotopic (exact) mass is 460 g/mol. The van der Waals surface area contributed by atoms with Gasteiger partial charge >= 0.3 is 12.3 Å². The van der Waals surface area contributed by atoms with Gasteiger partial charge in [-0.05, 0) is 50.1 Å². The predicted octanol–water partition coefficient (Wildman–Crippen LogP) is 5.21. The first-order valence-corrected chi connectivity index (χ1v) is 10.2. The fourth-order valence-electron chi connectivity index (χ4n) is 4.59. The highest BCUT2D eigenvalue weighted by atomic mass is 19.4. The molecular formula is C24H23F3N2O4. The Morgan fingerprint density at radius 1 is 1.18 bits per heavy atom. The quantitative estimate of drug-likeness (QED) is 0.618. The van der Waals surface area contributed by atoms with Crippen LogP contribution in [0.15, 0.2) is 42.1 Å². The van der Waals surface area contributed by atoms with Gasteiger partial charge in [0.25, 0.3) is 5.91 Å². The van der Waals surface area contributed by atoms with Gasteiger partial charge in [-0.25, -0.2) is 4.79 Å². The van der Waals surface area contributed by atoms with Gasteiger partial charge in [-0.1, -0.05) is 18.2 Å². The molecule has 4 rings (SSSR count). The number of amides is 2. The molecular weight excluding hydrogens is 437 g/mol. The normalized spacial score (nSPS) is 16.8. The minimum atomic E-state index is -4.61. The fraction of sp³-hybridized carbons (Fsp3) is 0.333. The summed E-state index contributed by atoms with van der Waals surface area (Å²) in [7, 11) is 2.64. The largest absolute Gasteiger partial charge is 0.481 e. The molecule has 0 saturated heterocycles. The maximum atomic E-state index is 13.8. The lowest BCUT2D eigenvalue weighted by Gasteiger charge is -2.42. The second-order valence-electron chi connectivity index (χ2n) is 8.50. The summed E-state index contributed by atoms with van der Waals surface area (Å²) in [6.45, 7) is 4.86. The summed E-state index contributed by atoms with van der Waals surface area (Å²) in [6, 6.07) is 9.21. The van der Waals surface area contributed by atoms with Crippen molar-refractivity contribution in [2.75, 3.05) is 14.2 Å². The van der Waals surface area contributed by atoms with E-state index < -0.39 is 23.4 Å². The van der Waals surface area contributed by atoms with Crippen molar-refractivity contribution in [3.63, 3.8) is 0 Å².